The maximum Gasteiger partial charge on any atom is 0.338 e. The van der Waals surface area contributed by atoms with Crippen molar-refractivity contribution in [2.45, 2.75) is 6.61 Å². The predicted octanol–water partition coefficient (Wildman–Crippen LogP) is 3.66. The highest BCUT2D eigenvalue weighted by molar-refractivity contribution is 6.32. The number of benzene rings is 2. The third kappa shape index (κ3) is 4.04. The topological polar surface area (TPSA) is 118 Å². The molecule has 138 valence electrons. The molecule has 2 aromatic carbocycles. The molecule has 0 unspecified atom stereocenters. The SMILES string of the molecule is COc1ccccc1-c1noc(COC(=O)c2ccc(Cl)c([N+](=O)[O-])c2)n1. The summed E-state index contributed by atoms with van der Waals surface area (Å²) < 4.78 is 15.4. The number of halogens is 1. The number of hydrogen-bond acceptors (Lipinski definition) is 8. The number of aromatic nitrogens is 2. The first kappa shape index (κ1) is 18.3. The Morgan fingerprint density at radius 2 is 2.07 bits per heavy atom. The van der Waals surface area contributed by atoms with Gasteiger partial charge in [0.15, 0.2) is 6.61 Å². The first-order chi connectivity index (χ1) is 13.0. The Bertz CT molecular complexity index is 1000. The van der Waals surface area contributed by atoms with E-state index in [1.165, 1.54) is 19.2 Å². The van der Waals surface area contributed by atoms with Gasteiger partial charge in [0.2, 0.25) is 5.82 Å². The molecule has 0 aliphatic heterocycles. The summed E-state index contributed by atoms with van der Waals surface area (Å²) in [5.74, 6) is 0.121. The fourth-order valence-electron chi connectivity index (χ4n) is 2.24. The van der Waals surface area contributed by atoms with Crippen LogP contribution in [0.4, 0.5) is 5.69 Å². The van der Waals surface area contributed by atoms with Gasteiger partial charge >= 0.3 is 5.97 Å². The van der Waals surface area contributed by atoms with Crippen LogP contribution in [0.2, 0.25) is 5.02 Å². The van der Waals surface area contributed by atoms with Gasteiger partial charge < -0.3 is 14.0 Å². The molecule has 0 fully saturated rings. The number of carbonyl (C=O) groups is 1. The number of esters is 1. The number of nitro groups is 1. The van der Waals surface area contributed by atoms with Gasteiger partial charge in [-0.1, -0.05) is 28.9 Å². The lowest BCUT2D eigenvalue weighted by atomic mass is 10.2. The number of nitrogens with zero attached hydrogens (tertiary/aromatic N) is 3. The van der Waals surface area contributed by atoms with Gasteiger partial charge in [-0.3, -0.25) is 10.1 Å². The van der Waals surface area contributed by atoms with Crippen molar-refractivity contribution in [3.8, 4) is 17.1 Å². The van der Waals surface area contributed by atoms with Crippen LogP contribution in [0.1, 0.15) is 16.2 Å². The van der Waals surface area contributed by atoms with Gasteiger partial charge in [0, 0.05) is 6.07 Å². The zero-order chi connectivity index (χ0) is 19.4. The third-order valence-electron chi connectivity index (χ3n) is 3.52. The molecule has 1 aromatic heterocycles. The number of rotatable bonds is 6. The molecule has 0 aliphatic carbocycles. The normalized spacial score (nSPS) is 10.4. The molecule has 0 aliphatic rings. The number of para-hydroxylation sites is 1. The fraction of sp³-hybridized carbons (Fsp3) is 0.118. The summed E-state index contributed by atoms with van der Waals surface area (Å²) in [4.78, 5) is 26.4. The number of carbonyl (C=O) groups excluding carboxylic acids is 1. The summed E-state index contributed by atoms with van der Waals surface area (Å²) in [7, 11) is 1.52. The Kier molecular flexibility index (Phi) is 5.32. The zero-order valence-corrected chi connectivity index (χ0v) is 14.7. The van der Waals surface area contributed by atoms with Crippen molar-refractivity contribution < 1.29 is 23.7 Å². The maximum atomic E-state index is 12.1. The monoisotopic (exact) mass is 389 g/mol. The van der Waals surface area contributed by atoms with Crippen LogP contribution in [0.15, 0.2) is 47.0 Å². The van der Waals surface area contributed by atoms with Gasteiger partial charge in [-0.2, -0.15) is 4.98 Å². The largest absolute Gasteiger partial charge is 0.496 e. The van der Waals surface area contributed by atoms with E-state index >= 15 is 0 Å². The summed E-state index contributed by atoms with van der Waals surface area (Å²) in [6.45, 7) is -0.294. The van der Waals surface area contributed by atoms with E-state index in [-0.39, 0.29) is 34.6 Å². The summed E-state index contributed by atoms with van der Waals surface area (Å²) in [5.41, 5.74) is 0.215. The molecular formula is C17H12ClN3O6. The molecule has 0 spiro atoms. The minimum absolute atomic E-state index is 0.0180. The highest BCUT2D eigenvalue weighted by Crippen LogP contribution is 2.27. The van der Waals surface area contributed by atoms with Gasteiger partial charge in [-0.15, -0.1) is 0 Å². The maximum absolute atomic E-state index is 12.1. The quantitative estimate of drug-likeness (QED) is 0.356. The van der Waals surface area contributed by atoms with E-state index in [1.54, 1.807) is 24.3 Å². The van der Waals surface area contributed by atoms with Gasteiger partial charge in [-0.25, -0.2) is 4.79 Å². The Balaban J connectivity index is 1.71. The minimum Gasteiger partial charge on any atom is -0.496 e. The lowest BCUT2D eigenvalue weighted by Gasteiger charge is -2.03. The molecule has 0 radical (unpaired) electrons. The van der Waals surface area contributed by atoms with Crippen LogP contribution in [0.25, 0.3) is 11.4 Å². The Hall–Kier alpha value is -3.46. The summed E-state index contributed by atoms with van der Waals surface area (Å²) in [6, 6.07) is 10.7. The van der Waals surface area contributed by atoms with Crippen LogP contribution in [0.5, 0.6) is 5.75 Å². The van der Waals surface area contributed by atoms with Crippen molar-refractivity contribution in [1.29, 1.82) is 0 Å². The Morgan fingerprint density at radius 1 is 1.30 bits per heavy atom. The molecule has 3 rings (SSSR count). The van der Waals surface area contributed by atoms with Crippen molar-refractivity contribution >= 4 is 23.3 Å². The highest BCUT2D eigenvalue weighted by atomic mass is 35.5. The molecular weight excluding hydrogens is 378 g/mol. The standard InChI is InChI=1S/C17H12ClN3O6/c1-25-14-5-3-2-4-11(14)16-19-15(27-20-16)9-26-17(22)10-6-7-12(18)13(8-10)21(23)24/h2-8H,9H2,1H3. The van der Waals surface area contributed by atoms with Crippen molar-refractivity contribution in [3.05, 3.63) is 69.1 Å². The molecule has 1 heterocycles. The third-order valence-corrected chi connectivity index (χ3v) is 3.84. The first-order valence-corrected chi connectivity index (χ1v) is 7.94. The van der Waals surface area contributed by atoms with E-state index in [0.717, 1.165) is 6.07 Å². The molecule has 0 atom stereocenters. The predicted molar refractivity (Wildman–Crippen MR) is 93.5 cm³/mol. The minimum atomic E-state index is -0.785. The average molecular weight is 390 g/mol. The van der Waals surface area contributed by atoms with Crippen LogP contribution in [0.3, 0.4) is 0 Å². The van der Waals surface area contributed by atoms with Crippen LogP contribution < -0.4 is 4.74 Å². The fourth-order valence-corrected chi connectivity index (χ4v) is 2.43. The summed E-state index contributed by atoms with van der Waals surface area (Å²) >= 11 is 5.72. The van der Waals surface area contributed by atoms with E-state index in [2.05, 4.69) is 10.1 Å². The first-order valence-electron chi connectivity index (χ1n) is 7.56. The molecule has 9 nitrogen and oxygen atoms in total. The molecule has 0 saturated heterocycles. The number of nitro benzene ring substituents is 1. The molecule has 0 N–H and O–H groups in total. The Labute approximate surface area is 157 Å². The van der Waals surface area contributed by atoms with Crippen molar-refractivity contribution in [2.24, 2.45) is 0 Å². The molecule has 0 saturated carbocycles. The zero-order valence-electron chi connectivity index (χ0n) is 13.9. The molecule has 3 aromatic rings. The van der Waals surface area contributed by atoms with Crippen molar-refractivity contribution in [3.63, 3.8) is 0 Å². The lowest BCUT2D eigenvalue weighted by Crippen LogP contribution is -2.06. The number of ether oxygens (including phenoxy) is 2. The second kappa shape index (κ2) is 7.83. The van der Waals surface area contributed by atoms with Crippen LogP contribution in [-0.2, 0) is 11.3 Å². The van der Waals surface area contributed by atoms with Crippen LogP contribution in [0, 0.1) is 10.1 Å². The van der Waals surface area contributed by atoms with Gasteiger partial charge in [0.25, 0.3) is 11.6 Å². The van der Waals surface area contributed by atoms with Crippen molar-refractivity contribution in [1.82, 2.24) is 10.1 Å². The Morgan fingerprint density at radius 3 is 2.81 bits per heavy atom. The van der Waals surface area contributed by atoms with Crippen molar-refractivity contribution in [2.75, 3.05) is 7.11 Å². The van der Waals surface area contributed by atoms with E-state index in [4.69, 9.17) is 25.6 Å². The lowest BCUT2D eigenvalue weighted by molar-refractivity contribution is -0.384. The van der Waals surface area contributed by atoms with E-state index in [9.17, 15) is 14.9 Å². The van der Waals surface area contributed by atoms with E-state index in [0.29, 0.717) is 11.3 Å². The van der Waals surface area contributed by atoms with Gasteiger partial charge in [-0.05, 0) is 24.3 Å². The molecule has 10 heteroatoms. The molecule has 0 amide bonds. The summed E-state index contributed by atoms with van der Waals surface area (Å²) in [5, 5.41) is 14.6. The number of methoxy groups -OCH3 is 1. The van der Waals surface area contributed by atoms with Crippen LogP contribution >= 0.6 is 11.6 Å². The van der Waals surface area contributed by atoms with Crippen LogP contribution in [-0.4, -0.2) is 28.1 Å². The van der Waals surface area contributed by atoms with E-state index < -0.39 is 10.9 Å². The second-order valence-corrected chi connectivity index (χ2v) is 5.62. The smallest absolute Gasteiger partial charge is 0.338 e. The molecule has 0 bridgehead atoms. The highest BCUT2D eigenvalue weighted by Gasteiger charge is 2.19. The van der Waals surface area contributed by atoms with Gasteiger partial charge in [0.05, 0.1) is 23.2 Å². The summed E-state index contributed by atoms with van der Waals surface area (Å²) in [6.07, 6.45) is 0. The molecule has 27 heavy (non-hydrogen) atoms. The number of hydrogen-bond donors (Lipinski definition) is 0. The average Bonchev–Trinajstić information content (AvgIpc) is 3.15. The van der Waals surface area contributed by atoms with E-state index in [1.807, 2.05) is 0 Å². The van der Waals surface area contributed by atoms with Gasteiger partial charge in [0.1, 0.15) is 10.8 Å². The second-order valence-electron chi connectivity index (χ2n) is 5.21.